The van der Waals surface area contributed by atoms with Gasteiger partial charge in [0.2, 0.25) is 0 Å². The van der Waals surface area contributed by atoms with E-state index in [-0.39, 0.29) is 18.5 Å². The average Bonchev–Trinajstić information content (AvgIpc) is 2.99. The smallest absolute Gasteiger partial charge is 0.413 e. The summed E-state index contributed by atoms with van der Waals surface area (Å²) in [7, 11) is 0. The molecule has 9 heteroatoms. The highest BCUT2D eigenvalue weighted by Gasteiger charge is 2.65. The molecule has 1 atom stereocenters. The summed E-state index contributed by atoms with van der Waals surface area (Å²) in [5, 5.41) is 7.13. The molecule has 1 aliphatic carbocycles. The molecule has 112 valence electrons. The molecule has 1 fully saturated rings. The fraction of sp³-hybridized carbons (Fsp3) is 0.727. The summed E-state index contributed by atoms with van der Waals surface area (Å²) in [5.41, 5.74) is -1.76. The number of rotatable bonds is 3. The van der Waals surface area contributed by atoms with Gasteiger partial charge < -0.3 is 4.55 Å². The molecule has 0 spiro atoms. The van der Waals surface area contributed by atoms with Crippen molar-refractivity contribution in [1.82, 2.24) is 15.0 Å². The van der Waals surface area contributed by atoms with Crippen LogP contribution in [0.2, 0.25) is 0 Å². The van der Waals surface area contributed by atoms with Crippen molar-refractivity contribution in [2.45, 2.75) is 50.1 Å². The fourth-order valence-corrected chi connectivity index (χ4v) is 2.09. The minimum atomic E-state index is -4.34. The first-order valence-corrected chi connectivity index (χ1v) is 7.13. The number of halogens is 3. The summed E-state index contributed by atoms with van der Waals surface area (Å²) >= 11 is -1.48. The van der Waals surface area contributed by atoms with Crippen LogP contribution in [0.5, 0.6) is 0 Å². The molecule has 1 aromatic rings. The molecule has 1 aromatic heterocycles. The Bertz CT molecular complexity index is 516. The molecule has 5 nitrogen and oxygen atoms in total. The third kappa shape index (κ3) is 2.83. The SMILES string of the molecule is CC(C)(C)[S+]([O-])/N=C/c1cn(C2(C(F)(F)F)CC2)nn1. The van der Waals surface area contributed by atoms with E-state index in [9.17, 15) is 17.7 Å². The van der Waals surface area contributed by atoms with Crippen LogP contribution in [0.15, 0.2) is 10.6 Å². The summed E-state index contributed by atoms with van der Waals surface area (Å²) in [4.78, 5) is 0. The van der Waals surface area contributed by atoms with Crippen LogP contribution in [0.4, 0.5) is 13.2 Å². The normalized spacial score (nSPS) is 20.4. The first-order valence-electron chi connectivity index (χ1n) is 6.02. The summed E-state index contributed by atoms with van der Waals surface area (Å²) in [6.07, 6.45) is -1.96. The van der Waals surface area contributed by atoms with Gasteiger partial charge in [0.25, 0.3) is 0 Å². The summed E-state index contributed by atoms with van der Waals surface area (Å²) in [5.74, 6) is 0. The Morgan fingerprint density at radius 3 is 2.45 bits per heavy atom. The van der Waals surface area contributed by atoms with Gasteiger partial charge >= 0.3 is 6.18 Å². The molecule has 20 heavy (non-hydrogen) atoms. The Balaban J connectivity index is 2.13. The molecule has 0 amide bonds. The molecule has 0 saturated heterocycles. The van der Waals surface area contributed by atoms with Gasteiger partial charge in [0.15, 0.2) is 5.54 Å². The summed E-state index contributed by atoms with van der Waals surface area (Å²) in [6.45, 7) is 5.25. The zero-order valence-electron chi connectivity index (χ0n) is 11.3. The van der Waals surface area contributed by atoms with E-state index in [0.717, 1.165) is 4.68 Å². The average molecular weight is 308 g/mol. The predicted molar refractivity (Wildman–Crippen MR) is 68.8 cm³/mol. The zero-order valence-corrected chi connectivity index (χ0v) is 12.1. The van der Waals surface area contributed by atoms with Crippen molar-refractivity contribution >= 4 is 17.6 Å². The van der Waals surface area contributed by atoms with Gasteiger partial charge in [-0.1, -0.05) is 9.61 Å². The van der Waals surface area contributed by atoms with Crippen LogP contribution in [-0.2, 0) is 16.9 Å². The predicted octanol–water partition coefficient (Wildman–Crippen LogP) is 2.21. The lowest BCUT2D eigenvalue weighted by Crippen LogP contribution is -2.35. The minimum absolute atomic E-state index is 0.00433. The highest BCUT2D eigenvalue weighted by molar-refractivity contribution is 7.91. The molecule has 1 heterocycles. The number of hydrogen-bond acceptors (Lipinski definition) is 4. The lowest BCUT2D eigenvalue weighted by atomic mass is 10.2. The minimum Gasteiger partial charge on any atom is -0.591 e. The molecule has 0 N–H and O–H groups in total. The van der Waals surface area contributed by atoms with E-state index in [1.54, 1.807) is 20.8 Å². The van der Waals surface area contributed by atoms with E-state index < -0.39 is 27.8 Å². The molecule has 1 unspecified atom stereocenters. The van der Waals surface area contributed by atoms with Gasteiger partial charge in [-0.25, -0.2) is 4.68 Å². The summed E-state index contributed by atoms with van der Waals surface area (Å²) in [6, 6.07) is 0. The van der Waals surface area contributed by atoms with Crippen molar-refractivity contribution in [3.63, 3.8) is 0 Å². The summed E-state index contributed by atoms with van der Waals surface area (Å²) < 4.78 is 54.5. The van der Waals surface area contributed by atoms with Crippen LogP contribution in [0.25, 0.3) is 0 Å². The number of alkyl halides is 3. The van der Waals surface area contributed by atoms with Crippen LogP contribution in [0, 0.1) is 0 Å². The maximum Gasteiger partial charge on any atom is 0.413 e. The largest absolute Gasteiger partial charge is 0.591 e. The van der Waals surface area contributed by atoms with Crippen LogP contribution < -0.4 is 0 Å². The fourth-order valence-electron chi connectivity index (χ4n) is 1.57. The van der Waals surface area contributed by atoms with Gasteiger partial charge in [-0.2, -0.15) is 13.2 Å². The van der Waals surface area contributed by atoms with Crippen molar-refractivity contribution in [2.75, 3.05) is 0 Å². The van der Waals surface area contributed by atoms with Crippen molar-refractivity contribution in [3.8, 4) is 0 Å². The topological polar surface area (TPSA) is 66.1 Å². The van der Waals surface area contributed by atoms with E-state index in [1.807, 2.05) is 0 Å². The molecule has 0 bridgehead atoms. The van der Waals surface area contributed by atoms with Crippen molar-refractivity contribution in [1.29, 1.82) is 0 Å². The van der Waals surface area contributed by atoms with Crippen molar-refractivity contribution < 1.29 is 17.7 Å². The third-order valence-electron chi connectivity index (χ3n) is 3.01. The van der Waals surface area contributed by atoms with E-state index in [0.29, 0.717) is 0 Å². The molecule has 2 rings (SSSR count). The maximum atomic E-state index is 12.9. The second-order valence-corrected chi connectivity index (χ2v) is 7.65. The quantitative estimate of drug-likeness (QED) is 0.635. The second kappa shape index (κ2) is 4.73. The lowest BCUT2D eigenvalue weighted by Gasteiger charge is -2.18. The molecule has 0 aliphatic heterocycles. The van der Waals surface area contributed by atoms with Crippen LogP contribution >= 0.6 is 0 Å². The number of nitrogens with zero attached hydrogens (tertiary/aromatic N) is 4. The van der Waals surface area contributed by atoms with E-state index in [4.69, 9.17) is 0 Å². The van der Waals surface area contributed by atoms with Gasteiger partial charge in [-0.05, 0) is 33.6 Å². The number of aromatic nitrogens is 3. The van der Waals surface area contributed by atoms with Gasteiger partial charge in [-0.15, -0.1) is 5.10 Å². The van der Waals surface area contributed by atoms with Crippen LogP contribution in [0.1, 0.15) is 39.3 Å². The highest BCUT2D eigenvalue weighted by atomic mass is 32.2. The van der Waals surface area contributed by atoms with Gasteiger partial charge in [0, 0.05) is 0 Å². The Morgan fingerprint density at radius 2 is 2.00 bits per heavy atom. The molecular formula is C11H15F3N4OS. The highest BCUT2D eigenvalue weighted by Crippen LogP contribution is 2.54. The van der Waals surface area contributed by atoms with Gasteiger partial charge in [0.1, 0.15) is 28.0 Å². The Hall–Kier alpha value is -1.09. The van der Waals surface area contributed by atoms with Crippen LogP contribution in [-0.4, -0.2) is 36.7 Å². The first kappa shape index (κ1) is 15.3. The molecule has 0 aromatic carbocycles. The van der Waals surface area contributed by atoms with E-state index in [2.05, 4.69) is 14.7 Å². The van der Waals surface area contributed by atoms with Crippen LogP contribution in [0.3, 0.4) is 0 Å². The molecule has 0 radical (unpaired) electrons. The Morgan fingerprint density at radius 1 is 1.40 bits per heavy atom. The van der Waals surface area contributed by atoms with Crippen molar-refractivity contribution in [3.05, 3.63) is 11.9 Å². The van der Waals surface area contributed by atoms with E-state index >= 15 is 0 Å². The zero-order chi connectivity index (χ0) is 15.2. The third-order valence-corrected chi connectivity index (χ3v) is 4.35. The lowest BCUT2D eigenvalue weighted by molar-refractivity contribution is -0.182. The molecular weight excluding hydrogens is 293 g/mol. The second-order valence-electron chi connectivity index (χ2n) is 5.71. The number of hydrogen-bond donors (Lipinski definition) is 0. The first-order chi connectivity index (χ1) is 9.06. The Kier molecular flexibility index (Phi) is 3.62. The van der Waals surface area contributed by atoms with E-state index in [1.165, 1.54) is 12.4 Å². The standard InChI is InChI=1S/C11H15F3N4OS/c1-9(2,3)20(19)15-6-8-7-18(17-16-8)10(4-5-10)11(12,13)14/h6-7H,4-5H2,1-3H3/b15-6+. The molecule has 1 saturated carbocycles. The van der Waals surface area contributed by atoms with Gasteiger partial charge in [-0.3, -0.25) is 0 Å². The van der Waals surface area contributed by atoms with Crippen molar-refractivity contribution in [2.24, 2.45) is 4.40 Å². The molecule has 1 aliphatic rings. The van der Waals surface area contributed by atoms with Gasteiger partial charge in [0.05, 0.1) is 6.20 Å². The maximum absolute atomic E-state index is 12.9. The monoisotopic (exact) mass is 308 g/mol. The Labute approximate surface area is 117 Å².